The maximum atomic E-state index is 11.4. The largest absolute Gasteiger partial charge is 0.339 e. The van der Waals surface area contributed by atoms with Crippen LogP contribution in [0, 0.1) is 0 Å². The van der Waals surface area contributed by atoms with Gasteiger partial charge in [-0.3, -0.25) is 19.4 Å². The molecule has 1 aromatic carbocycles. The van der Waals surface area contributed by atoms with Gasteiger partial charge in [0.2, 0.25) is 0 Å². The molecule has 0 fully saturated rings. The van der Waals surface area contributed by atoms with Gasteiger partial charge in [0.05, 0.1) is 0 Å². The van der Waals surface area contributed by atoms with Crippen molar-refractivity contribution in [2.24, 2.45) is 7.05 Å². The summed E-state index contributed by atoms with van der Waals surface area (Å²) in [5.74, 6) is 0. The minimum absolute atomic E-state index is 0.193. The second-order valence-corrected chi connectivity index (χ2v) is 5.63. The molecule has 1 aromatic heterocycles. The summed E-state index contributed by atoms with van der Waals surface area (Å²) in [5.41, 5.74) is -0.353. The SMILES string of the molecule is CCNC(C)c1ccccc1Sc1nc(=O)c(=O)[nH]n1C. The molecule has 0 bridgehead atoms. The van der Waals surface area contributed by atoms with E-state index >= 15 is 0 Å². The molecule has 2 N–H and O–H groups in total. The quantitative estimate of drug-likeness (QED) is 0.814. The van der Waals surface area contributed by atoms with Crippen molar-refractivity contribution in [2.75, 3.05) is 6.54 Å². The highest BCUT2D eigenvalue weighted by atomic mass is 32.2. The van der Waals surface area contributed by atoms with Crippen LogP contribution in [0.15, 0.2) is 43.9 Å². The molecule has 0 aliphatic heterocycles. The van der Waals surface area contributed by atoms with Gasteiger partial charge in [-0.25, -0.2) is 0 Å². The van der Waals surface area contributed by atoms with E-state index in [1.807, 2.05) is 24.3 Å². The Morgan fingerprint density at radius 3 is 2.81 bits per heavy atom. The van der Waals surface area contributed by atoms with Crippen LogP contribution in [0.2, 0.25) is 0 Å². The van der Waals surface area contributed by atoms with E-state index in [2.05, 4.69) is 29.2 Å². The molecule has 1 atom stereocenters. The van der Waals surface area contributed by atoms with Crippen LogP contribution < -0.4 is 16.4 Å². The van der Waals surface area contributed by atoms with E-state index in [0.29, 0.717) is 5.16 Å². The Kier molecular flexibility index (Phi) is 4.98. The van der Waals surface area contributed by atoms with Gasteiger partial charge >= 0.3 is 11.1 Å². The van der Waals surface area contributed by atoms with E-state index in [1.54, 1.807) is 7.05 Å². The van der Waals surface area contributed by atoms with Gasteiger partial charge in [0.15, 0.2) is 5.16 Å². The molecule has 6 nitrogen and oxygen atoms in total. The number of rotatable bonds is 5. The predicted molar refractivity (Wildman–Crippen MR) is 82.8 cm³/mol. The fraction of sp³-hybridized carbons (Fsp3) is 0.357. The summed E-state index contributed by atoms with van der Waals surface area (Å²) in [6, 6.07) is 8.13. The highest BCUT2D eigenvalue weighted by Crippen LogP contribution is 2.31. The third-order valence-electron chi connectivity index (χ3n) is 3.04. The first-order valence-corrected chi connectivity index (χ1v) is 7.52. The molecule has 0 aliphatic rings. The second kappa shape index (κ2) is 6.73. The minimum atomic E-state index is -0.771. The van der Waals surface area contributed by atoms with Crippen LogP contribution in [0.1, 0.15) is 25.5 Å². The van der Waals surface area contributed by atoms with E-state index < -0.39 is 11.1 Å². The van der Waals surface area contributed by atoms with Crippen molar-refractivity contribution >= 4 is 11.8 Å². The van der Waals surface area contributed by atoms with Gasteiger partial charge in [-0.15, -0.1) is 0 Å². The lowest BCUT2D eigenvalue weighted by Crippen LogP contribution is -2.33. The molecular formula is C14H18N4O2S. The molecule has 21 heavy (non-hydrogen) atoms. The molecule has 1 heterocycles. The maximum absolute atomic E-state index is 11.4. The monoisotopic (exact) mass is 306 g/mol. The zero-order chi connectivity index (χ0) is 15.4. The third kappa shape index (κ3) is 3.62. The number of benzene rings is 1. The Hall–Kier alpha value is -1.86. The van der Waals surface area contributed by atoms with Crippen molar-refractivity contribution in [3.63, 3.8) is 0 Å². The van der Waals surface area contributed by atoms with Gasteiger partial charge in [-0.05, 0) is 36.9 Å². The van der Waals surface area contributed by atoms with Crippen molar-refractivity contribution < 1.29 is 0 Å². The van der Waals surface area contributed by atoms with E-state index in [0.717, 1.165) is 17.0 Å². The highest BCUT2D eigenvalue weighted by Gasteiger charge is 2.13. The first-order chi connectivity index (χ1) is 10.0. The first-order valence-electron chi connectivity index (χ1n) is 6.70. The average molecular weight is 306 g/mol. The Morgan fingerprint density at radius 1 is 1.38 bits per heavy atom. The average Bonchev–Trinajstić information content (AvgIpc) is 2.45. The summed E-state index contributed by atoms with van der Waals surface area (Å²) < 4.78 is 1.46. The Morgan fingerprint density at radius 2 is 2.10 bits per heavy atom. The maximum Gasteiger partial charge on any atom is 0.339 e. The second-order valence-electron chi connectivity index (χ2n) is 4.62. The van der Waals surface area contributed by atoms with Crippen molar-refractivity contribution in [2.45, 2.75) is 29.9 Å². The summed E-state index contributed by atoms with van der Waals surface area (Å²) >= 11 is 1.36. The third-order valence-corrected chi connectivity index (χ3v) is 4.18. The molecule has 7 heteroatoms. The first kappa shape index (κ1) is 15.5. The summed E-state index contributed by atoms with van der Waals surface area (Å²) in [7, 11) is 1.66. The predicted octanol–water partition coefficient (Wildman–Crippen LogP) is 1.29. The van der Waals surface area contributed by atoms with Crippen molar-refractivity contribution in [3.8, 4) is 0 Å². The number of nitrogens with one attached hydrogen (secondary N) is 2. The van der Waals surface area contributed by atoms with Crippen LogP contribution >= 0.6 is 11.8 Å². The van der Waals surface area contributed by atoms with Gasteiger partial charge in [-0.1, -0.05) is 25.1 Å². The lowest BCUT2D eigenvalue weighted by molar-refractivity contribution is 0.585. The Bertz CT molecular complexity index is 738. The van der Waals surface area contributed by atoms with Crippen LogP contribution in [0.3, 0.4) is 0 Å². The molecule has 0 spiro atoms. The Balaban J connectivity index is 2.38. The van der Waals surface area contributed by atoms with Gasteiger partial charge in [-0.2, -0.15) is 4.98 Å². The number of hydrogen-bond acceptors (Lipinski definition) is 5. The zero-order valence-corrected chi connectivity index (χ0v) is 13.0. The standard InChI is InChI=1S/C14H18N4O2S/c1-4-15-9(2)10-7-5-6-8-11(10)21-14-16-12(19)13(20)17-18(14)3/h5-9,15H,4H2,1-3H3,(H,17,20). The topological polar surface area (TPSA) is 79.8 Å². The number of aromatic amines is 1. The molecule has 0 amide bonds. The van der Waals surface area contributed by atoms with Gasteiger partial charge in [0.25, 0.3) is 0 Å². The van der Waals surface area contributed by atoms with Crippen LogP contribution in [-0.2, 0) is 7.05 Å². The molecule has 0 saturated carbocycles. The number of H-pyrrole nitrogens is 1. The lowest BCUT2D eigenvalue weighted by atomic mass is 10.1. The van der Waals surface area contributed by atoms with Crippen LogP contribution in [0.4, 0.5) is 0 Å². The van der Waals surface area contributed by atoms with Gasteiger partial charge in [0, 0.05) is 18.0 Å². The molecular weight excluding hydrogens is 288 g/mol. The normalized spacial score (nSPS) is 12.3. The van der Waals surface area contributed by atoms with Crippen LogP contribution in [-0.4, -0.2) is 21.3 Å². The van der Waals surface area contributed by atoms with Crippen molar-refractivity contribution in [1.29, 1.82) is 0 Å². The van der Waals surface area contributed by atoms with Crippen LogP contribution in [0.25, 0.3) is 0 Å². The van der Waals surface area contributed by atoms with E-state index in [4.69, 9.17) is 0 Å². The summed E-state index contributed by atoms with van der Waals surface area (Å²) in [6.07, 6.45) is 0. The molecule has 112 valence electrons. The Labute approximate surface area is 126 Å². The summed E-state index contributed by atoms with van der Waals surface area (Å²) in [6.45, 7) is 5.01. The molecule has 0 saturated heterocycles. The smallest absolute Gasteiger partial charge is 0.310 e. The summed E-state index contributed by atoms with van der Waals surface area (Å²) in [5, 5.41) is 6.27. The lowest BCUT2D eigenvalue weighted by Gasteiger charge is -2.17. The van der Waals surface area contributed by atoms with Crippen LogP contribution in [0.5, 0.6) is 0 Å². The molecule has 1 unspecified atom stereocenters. The molecule has 2 rings (SSSR count). The zero-order valence-electron chi connectivity index (χ0n) is 12.2. The van der Waals surface area contributed by atoms with Crippen molar-refractivity contribution in [1.82, 2.24) is 20.1 Å². The fourth-order valence-electron chi connectivity index (χ4n) is 2.00. The molecule has 0 aliphatic carbocycles. The number of nitrogens with zero attached hydrogens (tertiary/aromatic N) is 2. The minimum Gasteiger partial charge on any atom is -0.310 e. The van der Waals surface area contributed by atoms with E-state index in [9.17, 15) is 9.59 Å². The molecule has 2 aromatic rings. The van der Waals surface area contributed by atoms with E-state index in [1.165, 1.54) is 16.4 Å². The van der Waals surface area contributed by atoms with Gasteiger partial charge < -0.3 is 5.32 Å². The van der Waals surface area contributed by atoms with Gasteiger partial charge in [0.1, 0.15) is 0 Å². The molecule has 0 radical (unpaired) electrons. The number of aromatic nitrogens is 3. The fourth-order valence-corrected chi connectivity index (χ4v) is 3.01. The summed E-state index contributed by atoms with van der Waals surface area (Å²) in [4.78, 5) is 27.5. The van der Waals surface area contributed by atoms with E-state index in [-0.39, 0.29) is 6.04 Å². The highest BCUT2D eigenvalue weighted by molar-refractivity contribution is 7.99. The number of aryl methyl sites for hydroxylation is 1. The van der Waals surface area contributed by atoms with Crippen molar-refractivity contribution in [3.05, 3.63) is 50.5 Å². The number of hydrogen-bond donors (Lipinski definition) is 2.